The molecule has 0 spiro atoms. The number of hydrogen-bond acceptors (Lipinski definition) is 4. The SMILES string of the molecule is COC(=O)c1cccc(CS(=O)(=O)N(c2ccc(C)cc2)C(C)C)c1. The second-order valence-electron chi connectivity index (χ2n) is 6.17. The summed E-state index contributed by atoms with van der Waals surface area (Å²) in [4.78, 5) is 11.6. The maximum absolute atomic E-state index is 13.0. The largest absolute Gasteiger partial charge is 0.465 e. The molecular formula is C19H23NO4S. The van der Waals surface area contributed by atoms with Crippen molar-refractivity contribution in [2.45, 2.75) is 32.6 Å². The Morgan fingerprint density at radius 3 is 2.32 bits per heavy atom. The van der Waals surface area contributed by atoms with E-state index in [1.54, 1.807) is 36.4 Å². The Labute approximate surface area is 149 Å². The minimum absolute atomic E-state index is 0.191. The average molecular weight is 361 g/mol. The number of sulfonamides is 1. The number of carbonyl (C=O) groups is 1. The van der Waals surface area contributed by atoms with E-state index in [9.17, 15) is 13.2 Å². The molecule has 2 aromatic carbocycles. The number of methoxy groups -OCH3 is 1. The molecule has 134 valence electrons. The van der Waals surface area contributed by atoms with Gasteiger partial charge in [-0.05, 0) is 50.6 Å². The van der Waals surface area contributed by atoms with Crippen LogP contribution in [0.4, 0.5) is 5.69 Å². The molecule has 0 saturated carbocycles. The number of rotatable bonds is 6. The summed E-state index contributed by atoms with van der Waals surface area (Å²) < 4.78 is 32.1. The van der Waals surface area contributed by atoms with Gasteiger partial charge < -0.3 is 4.74 Å². The fraction of sp³-hybridized carbons (Fsp3) is 0.316. The second-order valence-corrected chi connectivity index (χ2v) is 8.02. The van der Waals surface area contributed by atoms with Crippen LogP contribution in [0.25, 0.3) is 0 Å². The summed E-state index contributed by atoms with van der Waals surface area (Å²) in [7, 11) is -2.31. The molecule has 6 heteroatoms. The van der Waals surface area contributed by atoms with E-state index in [2.05, 4.69) is 4.74 Å². The fourth-order valence-corrected chi connectivity index (χ4v) is 4.48. The summed E-state index contributed by atoms with van der Waals surface area (Å²) in [5, 5.41) is 0. The lowest BCUT2D eigenvalue weighted by molar-refractivity contribution is 0.0600. The zero-order valence-electron chi connectivity index (χ0n) is 14.9. The van der Waals surface area contributed by atoms with Crippen LogP contribution in [0.15, 0.2) is 48.5 Å². The van der Waals surface area contributed by atoms with Crippen LogP contribution in [-0.2, 0) is 20.5 Å². The lowest BCUT2D eigenvalue weighted by Gasteiger charge is -2.28. The summed E-state index contributed by atoms with van der Waals surface area (Å²) >= 11 is 0. The van der Waals surface area contributed by atoms with Crippen LogP contribution in [0.5, 0.6) is 0 Å². The molecular weight excluding hydrogens is 338 g/mol. The summed E-state index contributed by atoms with van der Waals surface area (Å²) in [6, 6.07) is 13.7. The maximum Gasteiger partial charge on any atom is 0.337 e. The molecule has 0 aliphatic heterocycles. The van der Waals surface area contributed by atoms with E-state index >= 15 is 0 Å². The number of anilines is 1. The predicted octanol–water partition coefficient (Wildman–Crippen LogP) is 3.53. The Hall–Kier alpha value is -2.34. The van der Waals surface area contributed by atoms with Crippen LogP contribution in [0.1, 0.15) is 35.3 Å². The first-order valence-corrected chi connectivity index (χ1v) is 9.61. The van der Waals surface area contributed by atoms with E-state index in [0.29, 0.717) is 16.8 Å². The van der Waals surface area contributed by atoms with Gasteiger partial charge in [-0.2, -0.15) is 0 Å². The lowest BCUT2D eigenvalue weighted by Crippen LogP contribution is -2.37. The van der Waals surface area contributed by atoms with Crippen LogP contribution in [-0.4, -0.2) is 27.5 Å². The number of nitrogens with zero attached hydrogens (tertiary/aromatic N) is 1. The molecule has 0 aromatic heterocycles. The fourth-order valence-electron chi connectivity index (χ4n) is 2.66. The minimum Gasteiger partial charge on any atom is -0.465 e. The van der Waals surface area contributed by atoms with Crippen LogP contribution in [0.2, 0.25) is 0 Å². The van der Waals surface area contributed by atoms with Crippen molar-refractivity contribution < 1.29 is 17.9 Å². The highest BCUT2D eigenvalue weighted by atomic mass is 32.2. The van der Waals surface area contributed by atoms with E-state index < -0.39 is 16.0 Å². The quantitative estimate of drug-likeness (QED) is 0.739. The summed E-state index contributed by atoms with van der Waals surface area (Å²) in [6.45, 7) is 5.63. The Balaban J connectivity index is 2.35. The molecule has 0 aliphatic carbocycles. The summed E-state index contributed by atoms with van der Waals surface area (Å²) in [5.41, 5.74) is 2.57. The monoisotopic (exact) mass is 361 g/mol. The Bertz CT molecular complexity index is 842. The van der Waals surface area contributed by atoms with Gasteiger partial charge in [0, 0.05) is 6.04 Å². The van der Waals surface area contributed by atoms with Crippen molar-refractivity contribution in [1.29, 1.82) is 0 Å². The maximum atomic E-state index is 13.0. The number of hydrogen-bond donors (Lipinski definition) is 0. The van der Waals surface area contributed by atoms with Gasteiger partial charge in [-0.15, -0.1) is 0 Å². The topological polar surface area (TPSA) is 63.7 Å². The number of ether oxygens (including phenoxy) is 1. The lowest BCUT2D eigenvalue weighted by atomic mass is 10.1. The first kappa shape index (κ1) is 19.0. The van der Waals surface area contributed by atoms with Gasteiger partial charge in [-0.3, -0.25) is 4.31 Å². The first-order chi connectivity index (χ1) is 11.7. The van der Waals surface area contributed by atoms with Crippen molar-refractivity contribution in [3.63, 3.8) is 0 Å². The summed E-state index contributed by atoms with van der Waals surface area (Å²) in [6.07, 6.45) is 0. The van der Waals surface area contributed by atoms with Gasteiger partial charge in [0.15, 0.2) is 0 Å². The van der Waals surface area contributed by atoms with Gasteiger partial charge in [0.1, 0.15) is 0 Å². The molecule has 0 aliphatic rings. The van der Waals surface area contributed by atoms with Gasteiger partial charge in [0.05, 0.1) is 24.1 Å². The van der Waals surface area contributed by atoms with Crippen molar-refractivity contribution >= 4 is 21.7 Å². The van der Waals surface area contributed by atoms with E-state index in [4.69, 9.17) is 0 Å². The van der Waals surface area contributed by atoms with Crippen molar-refractivity contribution in [3.05, 3.63) is 65.2 Å². The second kappa shape index (κ2) is 7.70. The minimum atomic E-state index is -3.61. The van der Waals surface area contributed by atoms with Gasteiger partial charge >= 0.3 is 5.97 Å². The van der Waals surface area contributed by atoms with E-state index in [1.165, 1.54) is 11.4 Å². The molecule has 0 bridgehead atoms. The molecule has 0 N–H and O–H groups in total. The first-order valence-electron chi connectivity index (χ1n) is 8.00. The van der Waals surface area contributed by atoms with Gasteiger partial charge in [0.2, 0.25) is 10.0 Å². The molecule has 0 amide bonds. The summed E-state index contributed by atoms with van der Waals surface area (Å²) in [5.74, 6) is -0.678. The highest BCUT2D eigenvalue weighted by molar-refractivity contribution is 7.92. The zero-order valence-corrected chi connectivity index (χ0v) is 15.7. The van der Waals surface area contributed by atoms with E-state index in [-0.39, 0.29) is 11.8 Å². The molecule has 0 saturated heterocycles. The molecule has 2 rings (SSSR count). The smallest absolute Gasteiger partial charge is 0.337 e. The van der Waals surface area contributed by atoms with Crippen molar-refractivity contribution in [3.8, 4) is 0 Å². The zero-order chi connectivity index (χ0) is 18.6. The molecule has 5 nitrogen and oxygen atoms in total. The van der Waals surface area contributed by atoms with Gasteiger partial charge in [-0.25, -0.2) is 13.2 Å². The van der Waals surface area contributed by atoms with Crippen LogP contribution >= 0.6 is 0 Å². The number of esters is 1. The molecule has 25 heavy (non-hydrogen) atoms. The van der Waals surface area contributed by atoms with Crippen LogP contribution in [0, 0.1) is 6.92 Å². The van der Waals surface area contributed by atoms with Crippen LogP contribution < -0.4 is 4.31 Å². The number of carbonyl (C=O) groups excluding carboxylic acids is 1. The van der Waals surface area contributed by atoms with E-state index in [0.717, 1.165) is 5.56 Å². The molecule has 0 fully saturated rings. The number of aryl methyl sites for hydroxylation is 1. The molecule has 0 radical (unpaired) electrons. The average Bonchev–Trinajstić information content (AvgIpc) is 2.55. The highest BCUT2D eigenvalue weighted by Crippen LogP contribution is 2.24. The third-order valence-corrected chi connectivity index (χ3v) is 5.68. The third-order valence-electron chi connectivity index (χ3n) is 3.75. The third kappa shape index (κ3) is 4.60. The Morgan fingerprint density at radius 2 is 1.76 bits per heavy atom. The van der Waals surface area contributed by atoms with Gasteiger partial charge in [-0.1, -0.05) is 29.8 Å². The molecule has 0 atom stereocenters. The van der Waals surface area contributed by atoms with Gasteiger partial charge in [0.25, 0.3) is 0 Å². The Kier molecular flexibility index (Phi) is 5.85. The Morgan fingerprint density at radius 1 is 1.12 bits per heavy atom. The molecule has 0 unspecified atom stereocenters. The standard InChI is InChI=1S/C19H23NO4S/c1-14(2)20(18-10-8-15(3)9-11-18)25(22,23)13-16-6-5-7-17(12-16)19(21)24-4/h5-12,14H,13H2,1-4H3. The molecule has 0 heterocycles. The van der Waals surface area contributed by atoms with Crippen LogP contribution in [0.3, 0.4) is 0 Å². The number of benzene rings is 2. The van der Waals surface area contributed by atoms with Crippen molar-refractivity contribution in [2.75, 3.05) is 11.4 Å². The predicted molar refractivity (Wildman–Crippen MR) is 99.2 cm³/mol. The van der Waals surface area contributed by atoms with E-state index in [1.807, 2.05) is 32.9 Å². The normalized spacial score (nSPS) is 11.4. The highest BCUT2D eigenvalue weighted by Gasteiger charge is 2.26. The van der Waals surface area contributed by atoms with Crippen molar-refractivity contribution in [1.82, 2.24) is 0 Å². The molecule has 2 aromatic rings. The van der Waals surface area contributed by atoms with Crippen molar-refractivity contribution in [2.24, 2.45) is 0 Å².